The van der Waals surface area contributed by atoms with Gasteiger partial charge in [0, 0.05) is 42.8 Å². The molecule has 0 saturated carbocycles. The normalized spacial score (nSPS) is 12.4. The molecule has 0 unspecified atom stereocenters. The maximum atomic E-state index is 14.6. The van der Waals surface area contributed by atoms with Gasteiger partial charge in [-0.1, -0.05) is 41.4 Å². The molecule has 0 aliphatic heterocycles. The fourth-order valence-corrected chi connectivity index (χ4v) is 4.70. The van der Waals surface area contributed by atoms with Crippen molar-refractivity contribution in [1.29, 1.82) is 0 Å². The monoisotopic (exact) mass is 532 g/mol. The van der Waals surface area contributed by atoms with Crippen LogP contribution in [0.5, 0.6) is 0 Å². The fraction of sp³-hybridized carbons (Fsp3) is 0.364. The number of hydrogen-bond donors (Lipinski definition) is 1. The SMILES string of the molecule is CCNC(=O)[C@@H](C)N(Cc1c(Cl)cccc1Cl)C(=O)CN(c1ccccc1F)S(=O)(=O)N(C)C. The van der Waals surface area contributed by atoms with Crippen LogP contribution in [0.15, 0.2) is 42.5 Å². The molecule has 0 aromatic heterocycles. The number of anilines is 1. The van der Waals surface area contributed by atoms with E-state index in [1.165, 1.54) is 39.2 Å². The first-order valence-corrected chi connectivity index (χ1v) is 12.5. The fourth-order valence-electron chi connectivity index (χ4n) is 3.11. The summed E-state index contributed by atoms with van der Waals surface area (Å²) in [6, 6.07) is 9.03. The third-order valence-electron chi connectivity index (χ3n) is 5.05. The topological polar surface area (TPSA) is 90.0 Å². The third-order valence-corrected chi connectivity index (χ3v) is 7.56. The minimum atomic E-state index is -4.26. The van der Waals surface area contributed by atoms with Crippen LogP contribution < -0.4 is 9.62 Å². The molecule has 0 spiro atoms. The predicted octanol–water partition coefficient (Wildman–Crippen LogP) is 3.30. The average molecular weight is 533 g/mol. The van der Waals surface area contributed by atoms with Crippen LogP contribution in [0, 0.1) is 5.82 Å². The minimum Gasteiger partial charge on any atom is -0.355 e. The lowest BCUT2D eigenvalue weighted by Crippen LogP contribution is -2.52. The summed E-state index contributed by atoms with van der Waals surface area (Å²) in [5.41, 5.74) is 0.0918. The maximum Gasteiger partial charge on any atom is 0.304 e. The van der Waals surface area contributed by atoms with Crippen molar-refractivity contribution in [3.05, 3.63) is 63.9 Å². The van der Waals surface area contributed by atoms with Crippen molar-refractivity contribution in [3.8, 4) is 0 Å². The standard InChI is InChI=1S/C22H27Cl2FN4O4S/c1-5-26-22(31)15(2)28(13-16-17(23)9-8-10-18(16)24)21(30)14-29(34(32,33)27(3)4)20-12-7-6-11-19(20)25/h6-12,15H,5,13-14H2,1-4H3,(H,26,31)/t15-/m1/s1. The van der Waals surface area contributed by atoms with Crippen LogP contribution >= 0.6 is 23.2 Å². The number of para-hydroxylation sites is 1. The molecule has 1 atom stereocenters. The molecule has 186 valence electrons. The molecule has 0 saturated heterocycles. The van der Waals surface area contributed by atoms with Gasteiger partial charge in [-0.25, -0.2) is 8.70 Å². The van der Waals surface area contributed by atoms with Crippen LogP contribution in [0.3, 0.4) is 0 Å². The van der Waals surface area contributed by atoms with E-state index in [-0.39, 0.29) is 22.3 Å². The molecule has 12 heteroatoms. The lowest BCUT2D eigenvalue weighted by atomic mass is 10.1. The van der Waals surface area contributed by atoms with Gasteiger partial charge in [-0.05, 0) is 38.1 Å². The summed E-state index contributed by atoms with van der Waals surface area (Å²) in [7, 11) is -1.72. The van der Waals surface area contributed by atoms with Crippen molar-refractivity contribution in [1.82, 2.24) is 14.5 Å². The van der Waals surface area contributed by atoms with E-state index in [4.69, 9.17) is 23.2 Å². The number of carbonyl (C=O) groups excluding carboxylic acids is 2. The highest BCUT2D eigenvalue weighted by atomic mass is 35.5. The predicted molar refractivity (Wildman–Crippen MR) is 132 cm³/mol. The molecule has 2 amide bonds. The number of halogens is 3. The first kappa shape index (κ1) is 27.8. The molecule has 1 N–H and O–H groups in total. The van der Waals surface area contributed by atoms with Crippen molar-refractivity contribution in [3.63, 3.8) is 0 Å². The Bertz CT molecular complexity index is 1130. The molecule has 0 heterocycles. The van der Waals surface area contributed by atoms with Crippen LogP contribution in [0.1, 0.15) is 19.4 Å². The zero-order valence-corrected chi connectivity index (χ0v) is 21.6. The van der Waals surface area contributed by atoms with E-state index < -0.39 is 40.4 Å². The van der Waals surface area contributed by atoms with Gasteiger partial charge in [-0.15, -0.1) is 0 Å². The summed E-state index contributed by atoms with van der Waals surface area (Å²) in [5.74, 6) is -2.02. The van der Waals surface area contributed by atoms with Crippen molar-refractivity contribution < 1.29 is 22.4 Å². The molecule has 0 fully saturated rings. The van der Waals surface area contributed by atoms with E-state index in [0.717, 1.165) is 15.3 Å². The number of nitrogens with one attached hydrogen (secondary N) is 1. The Hall–Kier alpha value is -2.40. The highest BCUT2D eigenvalue weighted by molar-refractivity contribution is 7.90. The number of hydrogen-bond acceptors (Lipinski definition) is 4. The molecule has 0 radical (unpaired) electrons. The summed E-state index contributed by atoms with van der Waals surface area (Å²) < 4.78 is 42.1. The lowest BCUT2D eigenvalue weighted by molar-refractivity contribution is -0.139. The number of amides is 2. The summed E-state index contributed by atoms with van der Waals surface area (Å²) in [4.78, 5) is 27.3. The van der Waals surface area contributed by atoms with E-state index in [2.05, 4.69) is 5.32 Å². The van der Waals surface area contributed by atoms with Gasteiger partial charge in [-0.3, -0.25) is 9.59 Å². The number of benzene rings is 2. The molecule has 34 heavy (non-hydrogen) atoms. The molecule has 8 nitrogen and oxygen atoms in total. The second-order valence-electron chi connectivity index (χ2n) is 7.54. The molecular weight excluding hydrogens is 506 g/mol. The number of rotatable bonds is 10. The number of likely N-dealkylation sites (N-methyl/N-ethyl adjacent to an activating group) is 1. The largest absolute Gasteiger partial charge is 0.355 e. The lowest BCUT2D eigenvalue weighted by Gasteiger charge is -2.33. The minimum absolute atomic E-state index is 0.164. The Kier molecular flexibility index (Phi) is 9.69. The van der Waals surface area contributed by atoms with E-state index in [9.17, 15) is 22.4 Å². The maximum absolute atomic E-state index is 14.6. The third kappa shape index (κ3) is 6.38. The van der Waals surface area contributed by atoms with E-state index in [1.807, 2.05) is 0 Å². The van der Waals surface area contributed by atoms with Crippen LogP contribution in [-0.4, -0.2) is 62.7 Å². The smallest absolute Gasteiger partial charge is 0.304 e. The number of nitrogens with zero attached hydrogens (tertiary/aromatic N) is 3. The highest BCUT2D eigenvalue weighted by Gasteiger charge is 2.34. The Labute approximate surface area is 209 Å². The summed E-state index contributed by atoms with van der Waals surface area (Å²) in [6.45, 7) is 2.64. The summed E-state index contributed by atoms with van der Waals surface area (Å²) >= 11 is 12.5. The highest BCUT2D eigenvalue weighted by Crippen LogP contribution is 2.28. The van der Waals surface area contributed by atoms with Gasteiger partial charge in [0.25, 0.3) is 0 Å². The van der Waals surface area contributed by atoms with Gasteiger partial charge in [0.2, 0.25) is 11.8 Å². The molecule has 2 aromatic carbocycles. The average Bonchev–Trinajstić information content (AvgIpc) is 2.77. The van der Waals surface area contributed by atoms with Crippen LogP contribution in [-0.2, 0) is 26.3 Å². The summed E-state index contributed by atoms with van der Waals surface area (Å²) in [6.07, 6.45) is 0. The number of carbonyl (C=O) groups is 2. The molecule has 0 aliphatic rings. The Morgan fingerprint density at radius 1 is 1.06 bits per heavy atom. The van der Waals surface area contributed by atoms with Crippen molar-refractivity contribution >= 4 is 50.9 Å². The van der Waals surface area contributed by atoms with Crippen LogP contribution in [0.4, 0.5) is 10.1 Å². The first-order chi connectivity index (χ1) is 15.9. The van der Waals surface area contributed by atoms with Gasteiger partial charge in [0.15, 0.2) is 0 Å². The van der Waals surface area contributed by atoms with E-state index in [1.54, 1.807) is 25.1 Å². The van der Waals surface area contributed by atoms with Gasteiger partial charge < -0.3 is 10.2 Å². The second-order valence-corrected chi connectivity index (χ2v) is 10.4. The van der Waals surface area contributed by atoms with E-state index >= 15 is 0 Å². The molecule has 0 bridgehead atoms. The van der Waals surface area contributed by atoms with Crippen LogP contribution in [0.2, 0.25) is 10.0 Å². The van der Waals surface area contributed by atoms with Gasteiger partial charge in [-0.2, -0.15) is 12.7 Å². The van der Waals surface area contributed by atoms with Gasteiger partial charge in [0.05, 0.1) is 5.69 Å². The van der Waals surface area contributed by atoms with Gasteiger partial charge in [0.1, 0.15) is 18.4 Å². The van der Waals surface area contributed by atoms with Crippen molar-refractivity contribution in [2.24, 2.45) is 0 Å². The molecule has 0 aliphatic carbocycles. The Morgan fingerprint density at radius 3 is 2.18 bits per heavy atom. The van der Waals surface area contributed by atoms with Gasteiger partial charge >= 0.3 is 10.2 Å². The van der Waals surface area contributed by atoms with Crippen LogP contribution in [0.25, 0.3) is 0 Å². The van der Waals surface area contributed by atoms with E-state index in [0.29, 0.717) is 16.4 Å². The molecular formula is C22H27Cl2FN4O4S. The molecule has 2 rings (SSSR count). The zero-order chi connectivity index (χ0) is 25.6. The first-order valence-electron chi connectivity index (χ1n) is 10.4. The quantitative estimate of drug-likeness (QED) is 0.508. The second kappa shape index (κ2) is 11.8. The van der Waals surface area contributed by atoms with Crippen molar-refractivity contribution in [2.45, 2.75) is 26.4 Å². The molecule has 2 aromatic rings. The van der Waals surface area contributed by atoms with Crippen molar-refractivity contribution in [2.75, 3.05) is 31.5 Å². The Morgan fingerprint density at radius 2 is 1.65 bits per heavy atom. The zero-order valence-electron chi connectivity index (χ0n) is 19.3. The Balaban J connectivity index is 2.53. The summed E-state index contributed by atoms with van der Waals surface area (Å²) in [5, 5.41) is 3.20.